The van der Waals surface area contributed by atoms with Crippen molar-refractivity contribution in [3.63, 3.8) is 0 Å². The molecule has 4 fully saturated rings. The Kier molecular flexibility index (Phi) is 3.73. The topological polar surface area (TPSA) is 60.4 Å². The largest absolute Gasteiger partial charge is 0.462 e. The number of hydrogen-bond donors (Lipinski definition) is 0. The smallest absolute Gasteiger partial charge is 0.331 e. The molecule has 0 heterocycles. The van der Waals surface area contributed by atoms with E-state index in [1.807, 2.05) is 6.92 Å². The molecule has 0 unspecified atom stereocenters. The van der Waals surface area contributed by atoms with Gasteiger partial charge in [0.25, 0.3) is 0 Å². The number of allylic oxidation sites excluding steroid dienone is 1. The fourth-order valence-corrected chi connectivity index (χ4v) is 6.90. The molecule has 0 spiro atoms. The highest BCUT2D eigenvalue weighted by Crippen LogP contribution is 2.66. The highest BCUT2D eigenvalue weighted by molar-refractivity contribution is 6.08. The number of rotatable bonds is 3. The first-order valence-corrected chi connectivity index (χ1v) is 10.4. The van der Waals surface area contributed by atoms with Crippen molar-refractivity contribution >= 4 is 17.5 Å². The van der Waals surface area contributed by atoms with E-state index in [1.54, 1.807) is 0 Å². The fraction of sp³-hybridized carbons (Fsp3) is 0.783. The van der Waals surface area contributed by atoms with E-state index < -0.39 is 5.97 Å². The van der Waals surface area contributed by atoms with Gasteiger partial charge in [0.05, 0.1) is 5.92 Å². The van der Waals surface area contributed by atoms with Gasteiger partial charge in [-0.25, -0.2) is 4.79 Å². The number of ether oxygens (including phenoxy) is 1. The van der Waals surface area contributed by atoms with Gasteiger partial charge in [-0.1, -0.05) is 41.5 Å². The van der Waals surface area contributed by atoms with Crippen LogP contribution in [0, 0.1) is 39.4 Å². The zero-order valence-electron chi connectivity index (χ0n) is 17.5. The maximum Gasteiger partial charge on any atom is 0.331 e. The first-order valence-electron chi connectivity index (χ1n) is 10.4. The van der Waals surface area contributed by atoms with Crippen LogP contribution in [0.15, 0.2) is 11.6 Å². The molecule has 148 valence electrons. The molecule has 4 aliphatic carbocycles. The number of esters is 1. The lowest BCUT2D eigenvalue weighted by molar-refractivity contribution is -0.143. The third-order valence-corrected chi connectivity index (χ3v) is 9.71. The predicted octanol–water partition coefficient (Wildman–Crippen LogP) is 4.12. The molecule has 0 radical (unpaired) electrons. The highest BCUT2D eigenvalue weighted by atomic mass is 16.5. The van der Waals surface area contributed by atoms with Gasteiger partial charge in [-0.3, -0.25) is 9.59 Å². The van der Waals surface area contributed by atoms with Crippen molar-refractivity contribution in [2.75, 3.05) is 6.61 Å². The molecule has 0 aromatic carbocycles. The Morgan fingerprint density at radius 2 is 1.63 bits per heavy atom. The summed E-state index contributed by atoms with van der Waals surface area (Å²) in [6, 6.07) is 0. The van der Waals surface area contributed by atoms with Gasteiger partial charge in [0.15, 0.2) is 5.78 Å². The lowest BCUT2D eigenvalue weighted by Gasteiger charge is -2.32. The van der Waals surface area contributed by atoms with Crippen molar-refractivity contribution in [1.82, 2.24) is 0 Å². The Bertz CT molecular complexity index is 773. The average Bonchev–Trinajstić information content (AvgIpc) is 3.06. The number of hydrogen-bond acceptors (Lipinski definition) is 4. The van der Waals surface area contributed by atoms with Crippen LogP contribution >= 0.6 is 0 Å². The summed E-state index contributed by atoms with van der Waals surface area (Å²) in [5, 5.41) is 0. The number of carbonyl (C=O) groups is 3. The Labute approximate surface area is 162 Å². The van der Waals surface area contributed by atoms with Crippen molar-refractivity contribution in [3.05, 3.63) is 11.6 Å². The number of fused-ring (bicyclic) bond motifs is 4. The van der Waals surface area contributed by atoms with E-state index in [9.17, 15) is 14.4 Å². The summed E-state index contributed by atoms with van der Waals surface area (Å²) in [7, 11) is 0. The SMILES string of the molecule is CC1(C)[C@H]2CC[C@@]1(C)C(=O)/C2=C\C(=O)OC[C@H]1C(=O)[C@@]2(C)CC[C@@H]1C2(C)C. The average molecular weight is 373 g/mol. The van der Waals surface area contributed by atoms with E-state index >= 15 is 0 Å². The van der Waals surface area contributed by atoms with Gasteiger partial charge in [0.2, 0.25) is 0 Å². The van der Waals surface area contributed by atoms with Crippen molar-refractivity contribution < 1.29 is 19.1 Å². The van der Waals surface area contributed by atoms with Gasteiger partial charge in [0, 0.05) is 22.5 Å². The second-order valence-electron chi connectivity index (χ2n) is 10.9. The van der Waals surface area contributed by atoms with Gasteiger partial charge >= 0.3 is 5.97 Å². The molecule has 4 rings (SSSR count). The lowest BCUT2D eigenvalue weighted by atomic mass is 9.70. The minimum atomic E-state index is -0.469. The van der Waals surface area contributed by atoms with Gasteiger partial charge in [-0.2, -0.15) is 0 Å². The molecule has 0 aliphatic heterocycles. The summed E-state index contributed by atoms with van der Waals surface area (Å²) in [6.07, 6.45) is 5.21. The summed E-state index contributed by atoms with van der Waals surface area (Å²) >= 11 is 0. The number of carbonyl (C=O) groups excluding carboxylic acids is 3. The second kappa shape index (κ2) is 5.33. The predicted molar refractivity (Wildman–Crippen MR) is 102 cm³/mol. The van der Waals surface area contributed by atoms with E-state index in [1.165, 1.54) is 6.08 Å². The van der Waals surface area contributed by atoms with Crippen LogP contribution in [-0.4, -0.2) is 24.1 Å². The molecule has 0 aromatic heterocycles. The van der Waals surface area contributed by atoms with Crippen molar-refractivity contribution in [1.29, 1.82) is 0 Å². The summed E-state index contributed by atoms with van der Waals surface area (Å²) in [5.41, 5.74) is -0.200. The summed E-state index contributed by atoms with van der Waals surface area (Å²) < 4.78 is 5.52. The first-order chi connectivity index (χ1) is 12.4. The number of ketones is 2. The molecule has 0 saturated heterocycles. The summed E-state index contributed by atoms with van der Waals surface area (Å²) in [5.74, 6) is 0.0794. The highest BCUT2D eigenvalue weighted by Gasteiger charge is 2.66. The van der Waals surface area contributed by atoms with Crippen LogP contribution < -0.4 is 0 Å². The van der Waals surface area contributed by atoms with Gasteiger partial charge in [-0.05, 0) is 48.3 Å². The Morgan fingerprint density at radius 1 is 1.00 bits per heavy atom. The van der Waals surface area contributed by atoms with Crippen LogP contribution in [0.2, 0.25) is 0 Å². The molecule has 4 heteroatoms. The molecule has 0 N–H and O–H groups in total. The zero-order valence-corrected chi connectivity index (χ0v) is 17.5. The number of Topliss-reactive ketones (excluding diaryl/α,β-unsaturated/α-hetero) is 2. The third kappa shape index (κ3) is 2.08. The van der Waals surface area contributed by atoms with Gasteiger partial charge in [0.1, 0.15) is 12.4 Å². The first kappa shape index (κ1) is 18.9. The van der Waals surface area contributed by atoms with Crippen LogP contribution in [0.1, 0.15) is 67.2 Å². The van der Waals surface area contributed by atoms with Crippen LogP contribution in [0.25, 0.3) is 0 Å². The molecule has 4 bridgehead atoms. The maximum atomic E-state index is 12.9. The minimum absolute atomic E-state index is 0.0428. The molecule has 0 aromatic rings. The standard InChI is InChI=1S/C23H32O4/c1-20(2)15-7-9-22(20,5)18(25)13(15)11-17(24)27-12-14-16-8-10-23(6,19(14)26)21(16,3)4/h11,14-16H,7-10,12H2,1-6H3/b13-11-/t14-,15+,16+,22+,23-/m1/s1. The molecule has 0 amide bonds. The van der Waals surface area contributed by atoms with E-state index in [4.69, 9.17) is 4.74 Å². The maximum absolute atomic E-state index is 12.9. The van der Waals surface area contributed by atoms with Crippen LogP contribution in [-0.2, 0) is 19.1 Å². The monoisotopic (exact) mass is 372 g/mol. The van der Waals surface area contributed by atoms with E-state index in [-0.39, 0.29) is 57.6 Å². The molecule has 5 atom stereocenters. The van der Waals surface area contributed by atoms with Crippen molar-refractivity contribution in [3.8, 4) is 0 Å². The molecular weight excluding hydrogens is 340 g/mol. The third-order valence-electron chi connectivity index (χ3n) is 9.71. The molecule has 27 heavy (non-hydrogen) atoms. The molecule has 4 nitrogen and oxygen atoms in total. The molecule has 4 aliphatic rings. The summed E-state index contributed by atoms with van der Waals surface area (Å²) in [4.78, 5) is 38.2. The minimum Gasteiger partial charge on any atom is -0.462 e. The lowest BCUT2D eigenvalue weighted by Crippen LogP contribution is -2.34. The zero-order chi connectivity index (χ0) is 20.0. The van der Waals surface area contributed by atoms with Crippen molar-refractivity contribution in [2.45, 2.75) is 67.2 Å². The van der Waals surface area contributed by atoms with Crippen LogP contribution in [0.4, 0.5) is 0 Å². The van der Waals surface area contributed by atoms with E-state index in [0.717, 1.165) is 25.7 Å². The fourth-order valence-electron chi connectivity index (χ4n) is 6.90. The quantitative estimate of drug-likeness (QED) is 0.552. The van der Waals surface area contributed by atoms with Gasteiger partial charge < -0.3 is 4.74 Å². The Hall–Kier alpha value is -1.45. The molecular formula is C23H32O4. The van der Waals surface area contributed by atoms with Gasteiger partial charge in [-0.15, -0.1) is 0 Å². The second-order valence-corrected chi connectivity index (χ2v) is 10.9. The van der Waals surface area contributed by atoms with Crippen LogP contribution in [0.5, 0.6) is 0 Å². The van der Waals surface area contributed by atoms with E-state index in [0.29, 0.717) is 5.57 Å². The normalized spacial score (nSPS) is 45.1. The van der Waals surface area contributed by atoms with E-state index in [2.05, 4.69) is 34.6 Å². The molecule has 4 saturated carbocycles. The Balaban J connectivity index is 1.47. The van der Waals surface area contributed by atoms with Crippen molar-refractivity contribution in [2.24, 2.45) is 39.4 Å². The Morgan fingerprint density at radius 3 is 2.15 bits per heavy atom. The van der Waals surface area contributed by atoms with Crippen LogP contribution in [0.3, 0.4) is 0 Å². The summed E-state index contributed by atoms with van der Waals surface area (Å²) in [6.45, 7) is 12.8.